The fourth-order valence-corrected chi connectivity index (χ4v) is 3.78. The molecule has 4 rings (SSSR count). The van der Waals surface area contributed by atoms with Crippen LogP contribution in [0.4, 0.5) is 0 Å². The lowest BCUT2D eigenvalue weighted by Gasteiger charge is -2.25. The number of hydrogen-bond acceptors (Lipinski definition) is 3. The number of para-hydroxylation sites is 1. The van der Waals surface area contributed by atoms with Gasteiger partial charge in [0.25, 0.3) is 0 Å². The number of carbonyl (C=O) groups is 2. The van der Waals surface area contributed by atoms with Crippen molar-refractivity contribution in [3.63, 3.8) is 0 Å². The molecule has 1 saturated heterocycles. The molecule has 0 radical (unpaired) electrons. The smallest absolute Gasteiger partial charge is 0.316 e. The maximum atomic E-state index is 12.8. The number of nitrogens with zero attached hydrogens (tertiary/aromatic N) is 1. The largest absolute Gasteiger partial charge is 0.426 e. The van der Waals surface area contributed by atoms with Crippen LogP contribution in [0.15, 0.2) is 84.9 Å². The fraction of sp³-hybridized carbons (Fsp3) is 0.200. The molecule has 29 heavy (non-hydrogen) atoms. The van der Waals surface area contributed by atoms with Gasteiger partial charge in [-0.25, -0.2) is 0 Å². The van der Waals surface area contributed by atoms with Gasteiger partial charge in [-0.15, -0.1) is 0 Å². The van der Waals surface area contributed by atoms with Gasteiger partial charge in [0.2, 0.25) is 5.91 Å². The summed E-state index contributed by atoms with van der Waals surface area (Å²) in [5.74, 6) is -0.313. The van der Waals surface area contributed by atoms with Crippen LogP contribution in [0.25, 0.3) is 11.1 Å². The van der Waals surface area contributed by atoms with Crippen LogP contribution in [0.2, 0.25) is 0 Å². The molecule has 0 N–H and O–H groups in total. The Morgan fingerprint density at radius 1 is 0.931 bits per heavy atom. The summed E-state index contributed by atoms with van der Waals surface area (Å²) in [5, 5.41) is 0. The van der Waals surface area contributed by atoms with Crippen LogP contribution in [0.1, 0.15) is 24.9 Å². The molecule has 2 atom stereocenters. The molecule has 1 aliphatic rings. The average Bonchev–Trinajstić information content (AvgIpc) is 3.16. The fourth-order valence-electron chi connectivity index (χ4n) is 3.78. The van der Waals surface area contributed by atoms with Crippen molar-refractivity contribution in [3.8, 4) is 16.9 Å². The average molecular weight is 385 g/mol. The highest BCUT2D eigenvalue weighted by Crippen LogP contribution is 2.32. The molecule has 1 heterocycles. The number of rotatable bonds is 5. The van der Waals surface area contributed by atoms with Gasteiger partial charge < -0.3 is 9.64 Å². The topological polar surface area (TPSA) is 46.6 Å². The Morgan fingerprint density at radius 3 is 2.28 bits per heavy atom. The zero-order valence-corrected chi connectivity index (χ0v) is 16.3. The predicted molar refractivity (Wildman–Crippen MR) is 112 cm³/mol. The second-order valence-corrected chi connectivity index (χ2v) is 7.32. The highest BCUT2D eigenvalue weighted by atomic mass is 16.5. The Morgan fingerprint density at radius 2 is 1.55 bits per heavy atom. The van der Waals surface area contributed by atoms with Gasteiger partial charge in [-0.1, -0.05) is 78.9 Å². The SMILES string of the molecule is C[C@@H](c1ccccc1)N1C[C@@H](C(=O)Oc2ccccc2-c2ccccc2)CC1=O. The third-order valence-corrected chi connectivity index (χ3v) is 5.42. The van der Waals surface area contributed by atoms with Crippen molar-refractivity contribution in [1.82, 2.24) is 4.90 Å². The van der Waals surface area contributed by atoms with E-state index in [1.54, 1.807) is 11.0 Å². The second kappa shape index (κ2) is 8.31. The number of amides is 1. The van der Waals surface area contributed by atoms with Crippen LogP contribution >= 0.6 is 0 Å². The molecule has 0 unspecified atom stereocenters. The van der Waals surface area contributed by atoms with Crippen molar-refractivity contribution < 1.29 is 14.3 Å². The molecular weight excluding hydrogens is 362 g/mol. The normalized spacial score (nSPS) is 17.2. The van der Waals surface area contributed by atoms with Crippen LogP contribution in [0, 0.1) is 5.92 Å². The molecule has 0 aliphatic carbocycles. The third-order valence-electron chi connectivity index (χ3n) is 5.42. The maximum Gasteiger partial charge on any atom is 0.316 e. The molecule has 4 heteroatoms. The first-order valence-electron chi connectivity index (χ1n) is 9.84. The standard InChI is InChI=1S/C25H23NO3/c1-18(19-10-4-2-5-11-19)26-17-21(16-24(26)27)25(28)29-23-15-9-8-14-22(23)20-12-6-3-7-13-20/h2-15,18,21H,16-17H2,1H3/t18-,21-/m0/s1. The first kappa shape index (κ1) is 18.9. The van der Waals surface area contributed by atoms with E-state index in [2.05, 4.69) is 0 Å². The zero-order chi connectivity index (χ0) is 20.2. The van der Waals surface area contributed by atoms with Gasteiger partial charge >= 0.3 is 5.97 Å². The lowest BCUT2D eigenvalue weighted by atomic mass is 10.0. The summed E-state index contributed by atoms with van der Waals surface area (Å²) in [5.41, 5.74) is 2.90. The van der Waals surface area contributed by atoms with Gasteiger partial charge in [0.05, 0.1) is 12.0 Å². The van der Waals surface area contributed by atoms with E-state index < -0.39 is 5.92 Å². The Bertz CT molecular complexity index is 1000. The second-order valence-electron chi connectivity index (χ2n) is 7.32. The number of hydrogen-bond donors (Lipinski definition) is 0. The molecule has 1 amide bonds. The molecule has 3 aromatic rings. The van der Waals surface area contributed by atoms with E-state index in [0.717, 1.165) is 16.7 Å². The predicted octanol–water partition coefficient (Wildman–Crippen LogP) is 4.87. The van der Waals surface area contributed by atoms with Crippen LogP contribution in [0.5, 0.6) is 5.75 Å². The highest BCUT2D eigenvalue weighted by Gasteiger charge is 2.38. The minimum Gasteiger partial charge on any atom is -0.426 e. The van der Waals surface area contributed by atoms with E-state index in [1.165, 1.54) is 0 Å². The van der Waals surface area contributed by atoms with Gasteiger partial charge in [0, 0.05) is 18.5 Å². The van der Waals surface area contributed by atoms with Crippen LogP contribution < -0.4 is 4.74 Å². The van der Waals surface area contributed by atoms with Gasteiger partial charge in [0.1, 0.15) is 5.75 Å². The number of likely N-dealkylation sites (tertiary alicyclic amines) is 1. The molecule has 1 aliphatic heterocycles. The van der Waals surface area contributed by atoms with Crippen molar-refractivity contribution in [2.75, 3.05) is 6.54 Å². The van der Waals surface area contributed by atoms with Gasteiger partial charge in [-0.2, -0.15) is 0 Å². The molecule has 0 saturated carbocycles. The Hall–Kier alpha value is -3.40. The van der Waals surface area contributed by atoms with E-state index >= 15 is 0 Å². The monoisotopic (exact) mass is 385 g/mol. The lowest BCUT2D eigenvalue weighted by Crippen LogP contribution is -2.30. The van der Waals surface area contributed by atoms with Gasteiger partial charge in [-0.3, -0.25) is 9.59 Å². The first-order chi connectivity index (χ1) is 14.1. The summed E-state index contributed by atoms with van der Waals surface area (Å²) in [6.45, 7) is 2.37. The van der Waals surface area contributed by atoms with Crippen molar-refractivity contribution in [3.05, 3.63) is 90.5 Å². The third kappa shape index (κ3) is 4.06. The quantitative estimate of drug-likeness (QED) is 0.465. The van der Waals surface area contributed by atoms with Crippen LogP contribution in [0.3, 0.4) is 0 Å². The van der Waals surface area contributed by atoms with E-state index in [1.807, 2.05) is 85.8 Å². The van der Waals surface area contributed by atoms with Crippen LogP contribution in [-0.4, -0.2) is 23.3 Å². The van der Waals surface area contributed by atoms with Gasteiger partial charge in [0.15, 0.2) is 0 Å². The molecule has 4 nitrogen and oxygen atoms in total. The molecule has 1 fully saturated rings. The summed E-state index contributed by atoms with van der Waals surface area (Å²) in [6.07, 6.45) is 0.184. The van der Waals surface area contributed by atoms with Crippen LogP contribution in [-0.2, 0) is 9.59 Å². The summed E-state index contributed by atoms with van der Waals surface area (Å²) in [6, 6.07) is 27.1. The Labute approximate surface area is 170 Å². The van der Waals surface area contributed by atoms with E-state index in [4.69, 9.17) is 4.74 Å². The summed E-state index contributed by atoms with van der Waals surface area (Å²) >= 11 is 0. The highest BCUT2D eigenvalue weighted by molar-refractivity contribution is 5.88. The lowest BCUT2D eigenvalue weighted by molar-refractivity contribution is -0.139. The number of carbonyl (C=O) groups excluding carboxylic acids is 2. The van der Waals surface area contributed by atoms with E-state index in [9.17, 15) is 9.59 Å². The molecule has 0 aromatic heterocycles. The molecular formula is C25H23NO3. The Kier molecular flexibility index (Phi) is 5.43. The van der Waals surface area contributed by atoms with Crippen molar-refractivity contribution >= 4 is 11.9 Å². The van der Waals surface area contributed by atoms with E-state index in [-0.39, 0.29) is 24.3 Å². The molecule has 0 spiro atoms. The minimum absolute atomic E-state index is 0.0142. The van der Waals surface area contributed by atoms with Crippen molar-refractivity contribution in [2.45, 2.75) is 19.4 Å². The first-order valence-corrected chi connectivity index (χ1v) is 9.84. The number of esters is 1. The minimum atomic E-state index is -0.461. The molecule has 146 valence electrons. The summed E-state index contributed by atoms with van der Waals surface area (Å²) < 4.78 is 5.75. The summed E-state index contributed by atoms with van der Waals surface area (Å²) in [7, 11) is 0. The zero-order valence-electron chi connectivity index (χ0n) is 16.3. The molecule has 3 aromatic carbocycles. The number of ether oxygens (including phenoxy) is 1. The number of benzene rings is 3. The Balaban J connectivity index is 1.49. The summed E-state index contributed by atoms with van der Waals surface area (Å²) in [4.78, 5) is 27.2. The van der Waals surface area contributed by atoms with Crippen molar-refractivity contribution in [1.29, 1.82) is 0 Å². The molecule has 0 bridgehead atoms. The van der Waals surface area contributed by atoms with E-state index in [0.29, 0.717) is 12.3 Å². The van der Waals surface area contributed by atoms with Crippen molar-refractivity contribution in [2.24, 2.45) is 5.92 Å². The van der Waals surface area contributed by atoms with Gasteiger partial charge in [-0.05, 0) is 24.1 Å². The maximum absolute atomic E-state index is 12.8.